The van der Waals surface area contributed by atoms with Gasteiger partial charge in [0.05, 0.1) is 6.04 Å². The minimum absolute atomic E-state index is 0.290. The second-order valence-electron chi connectivity index (χ2n) is 5.46. The summed E-state index contributed by atoms with van der Waals surface area (Å²) in [6.07, 6.45) is 2.28. The van der Waals surface area contributed by atoms with Crippen LogP contribution in [0.3, 0.4) is 0 Å². The molecule has 1 heterocycles. The first kappa shape index (κ1) is 15.0. The highest BCUT2D eigenvalue weighted by molar-refractivity contribution is 5.97. The lowest BCUT2D eigenvalue weighted by molar-refractivity contribution is 0.0928. The molecule has 0 bridgehead atoms. The number of aryl methyl sites for hydroxylation is 1. The number of nitrogens with two attached hydrogens (primary N) is 1. The van der Waals surface area contributed by atoms with Gasteiger partial charge in [0.15, 0.2) is 0 Å². The van der Waals surface area contributed by atoms with E-state index in [1.165, 1.54) is 12.1 Å². The van der Waals surface area contributed by atoms with Gasteiger partial charge < -0.3 is 16.0 Å². The van der Waals surface area contributed by atoms with Gasteiger partial charge in [0.25, 0.3) is 11.5 Å². The number of aromatic nitrogens is 2. The van der Waals surface area contributed by atoms with E-state index in [1.807, 2.05) is 4.98 Å². The van der Waals surface area contributed by atoms with Crippen molar-refractivity contribution in [3.63, 3.8) is 0 Å². The quantitative estimate of drug-likeness (QED) is 0.647. The van der Waals surface area contributed by atoms with Gasteiger partial charge >= 0.3 is 5.69 Å². The highest BCUT2D eigenvalue weighted by Gasteiger charge is 2.24. The molecule has 0 radical (unpaired) electrons. The van der Waals surface area contributed by atoms with Crippen molar-refractivity contribution in [1.29, 1.82) is 0 Å². The molecule has 0 fully saturated rings. The van der Waals surface area contributed by atoms with Gasteiger partial charge in [-0.1, -0.05) is 6.07 Å². The van der Waals surface area contributed by atoms with Crippen LogP contribution in [0.25, 0.3) is 0 Å². The smallest absolute Gasteiger partial charge is 0.326 e. The van der Waals surface area contributed by atoms with Crippen molar-refractivity contribution in [2.24, 2.45) is 0 Å². The van der Waals surface area contributed by atoms with Gasteiger partial charge in [-0.25, -0.2) is 9.18 Å². The average molecular weight is 318 g/mol. The summed E-state index contributed by atoms with van der Waals surface area (Å²) < 4.78 is 13.5. The zero-order chi connectivity index (χ0) is 16.6. The Hall–Kier alpha value is -2.90. The van der Waals surface area contributed by atoms with Crippen LogP contribution >= 0.6 is 0 Å². The molecule has 0 aliphatic heterocycles. The van der Waals surface area contributed by atoms with Crippen LogP contribution in [-0.2, 0) is 6.42 Å². The summed E-state index contributed by atoms with van der Waals surface area (Å²) in [5.74, 6) is -1.05. The zero-order valence-corrected chi connectivity index (χ0v) is 12.1. The van der Waals surface area contributed by atoms with E-state index >= 15 is 0 Å². The fraction of sp³-hybridized carbons (Fsp3) is 0.267. The van der Waals surface area contributed by atoms with E-state index in [1.54, 1.807) is 6.07 Å². The maximum absolute atomic E-state index is 13.5. The van der Waals surface area contributed by atoms with Crippen LogP contribution in [0, 0.1) is 5.82 Å². The summed E-state index contributed by atoms with van der Waals surface area (Å²) in [6, 6.07) is 4.08. The fourth-order valence-electron chi connectivity index (χ4n) is 2.83. The van der Waals surface area contributed by atoms with Crippen molar-refractivity contribution < 1.29 is 9.18 Å². The van der Waals surface area contributed by atoms with E-state index in [2.05, 4.69) is 10.3 Å². The normalized spacial score (nSPS) is 16.7. The first-order valence-corrected chi connectivity index (χ1v) is 7.17. The van der Waals surface area contributed by atoms with Crippen LogP contribution < -0.4 is 22.3 Å². The molecular weight excluding hydrogens is 303 g/mol. The molecule has 3 rings (SSSR count). The van der Waals surface area contributed by atoms with Crippen molar-refractivity contribution in [3.05, 3.63) is 61.7 Å². The third-order valence-electron chi connectivity index (χ3n) is 3.93. The molecular formula is C15H15FN4O3. The van der Waals surface area contributed by atoms with Gasteiger partial charge in [-0.15, -0.1) is 0 Å². The lowest BCUT2D eigenvalue weighted by Crippen LogP contribution is -2.36. The fourth-order valence-corrected chi connectivity index (χ4v) is 2.83. The number of nitrogens with one attached hydrogen (secondary N) is 3. The first-order chi connectivity index (χ1) is 11.0. The van der Waals surface area contributed by atoms with Gasteiger partial charge in [0, 0.05) is 0 Å². The Morgan fingerprint density at radius 2 is 2.09 bits per heavy atom. The Balaban J connectivity index is 1.92. The van der Waals surface area contributed by atoms with Crippen molar-refractivity contribution in [2.75, 3.05) is 5.73 Å². The molecule has 1 aromatic heterocycles. The molecule has 1 aromatic carbocycles. The molecule has 5 N–H and O–H groups in total. The minimum Gasteiger partial charge on any atom is -0.392 e. The van der Waals surface area contributed by atoms with Gasteiger partial charge in [-0.3, -0.25) is 14.6 Å². The number of nitrogen functional groups attached to an aromatic ring is 1. The number of hydrogen-bond donors (Lipinski definition) is 4. The Labute approximate surface area is 129 Å². The number of hydrogen-bond acceptors (Lipinski definition) is 4. The summed E-state index contributed by atoms with van der Waals surface area (Å²) in [6.45, 7) is 0. The second-order valence-corrected chi connectivity index (χ2v) is 5.46. The van der Waals surface area contributed by atoms with Gasteiger partial charge in [0.2, 0.25) is 0 Å². The summed E-state index contributed by atoms with van der Waals surface area (Å²) in [4.78, 5) is 39.3. The number of carbonyl (C=O) groups is 1. The largest absolute Gasteiger partial charge is 0.392 e. The molecule has 0 saturated carbocycles. The highest BCUT2D eigenvalue weighted by Crippen LogP contribution is 2.30. The lowest BCUT2D eigenvalue weighted by atomic mass is 9.87. The second kappa shape index (κ2) is 5.71. The van der Waals surface area contributed by atoms with E-state index in [0.29, 0.717) is 12.0 Å². The first-order valence-electron chi connectivity index (χ1n) is 7.17. The molecule has 1 aliphatic rings. The highest BCUT2D eigenvalue weighted by atomic mass is 19.1. The number of aromatic amines is 2. The van der Waals surface area contributed by atoms with E-state index in [9.17, 15) is 18.8 Å². The lowest BCUT2D eigenvalue weighted by Gasteiger charge is -2.26. The number of rotatable bonds is 2. The molecule has 0 unspecified atom stereocenters. The van der Waals surface area contributed by atoms with Crippen molar-refractivity contribution in [3.8, 4) is 0 Å². The van der Waals surface area contributed by atoms with Crippen molar-refractivity contribution in [1.82, 2.24) is 15.3 Å². The van der Waals surface area contributed by atoms with Crippen molar-refractivity contribution in [2.45, 2.75) is 25.3 Å². The molecule has 2 aromatic rings. The van der Waals surface area contributed by atoms with E-state index in [0.717, 1.165) is 18.4 Å². The van der Waals surface area contributed by atoms with E-state index in [4.69, 9.17) is 5.73 Å². The van der Waals surface area contributed by atoms with E-state index in [-0.39, 0.29) is 17.2 Å². The molecule has 0 saturated heterocycles. The van der Waals surface area contributed by atoms with Crippen LogP contribution in [-0.4, -0.2) is 15.9 Å². The number of fused-ring (bicyclic) bond motifs is 1. The number of halogens is 1. The molecule has 7 nitrogen and oxygen atoms in total. The van der Waals surface area contributed by atoms with Crippen LogP contribution in [0.15, 0.2) is 27.8 Å². The zero-order valence-electron chi connectivity index (χ0n) is 12.1. The Bertz CT molecular complexity index is 887. The number of amides is 1. The monoisotopic (exact) mass is 318 g/mol. The predicted octanol–water partition coefficient (Wildman–Crippen LogP) is 0.592. The Morgan fingerprint density at radius 1 is 1.30 bits per heavy atom. The maximum Gasteiger partial charge on any atom is 0.326 e. The van der Waals surface area contributed by atoms with Gasteiger partial charge in [-0.05, 0) is 42.5 Å². The van der Waals surface area contributed by atoms with Gasteiger partial charge in [-0.2, -0.15) is 0 Å². The predicted molar refractivity (Wildman–Crippen MR) is 81.6 cm³/mol. The van der Waals surface area contributed by atoms with Crippen molar-refractivity contribution >= 4 is 11.6 Å². The van der Waals surface area contributed by atoms with Crippen LogP contribution in [0.4, 0.5) is 10.1 Å². The molecule has 23 heavy (non-hydrogen) atoms. The summed E-state index contributed by atoms with van der Waals surface area (Å²) >= 11 is 0. The molecule has 120 valence electrons. The summed E-state index contributed by atoms with van der Waals surface area (Å²) in [7, 11) is 0. The molecule has 1 atom stereocenters. The number of benzene rings is 1. The molecule has 8 heteroatoms. The average Bonchev–Trinajstić information content (AvgIpc) is 2.51. The topological polar surface area (TPSA) is 121 Å². The van der Waals surface area contributed by atoms with Crippen LogP contribution in [0.5, 0.6) is 0 Å². The summed E-state index contributed by atoms with van der Waals surface area (Å²) in [5.41, 5.74) is 4.92. The number of H-pyrrole nitrogens is 2. The molecule has 1 aliphatic carbocycles. The maximum atomic E-state index is 13.5. The standard InChI is InChI=1S/C15H15FN4O3/c16-8-5-4-7-2-1-3-10(9(7)6-8)18-14(22)12-11(17)13(21)20-15(23)19-12/h4-6,10H,1-3,17H2,(H,18,22)(H2,19,20,21,23)/t10-/m0/s1. The molecule has 0 spiro atoms. The number of carbonyl (C=O) groups excluding carboxylic acids is 1. The Morgan fingerprint density at radius 3 is 2.87 bits per heavy atom. The third kappa shape index (κ3) is 2.87. The minimum atomic E-state index is -0.825. The Kier molecular flexibility index (Phi) is 3.73. The molecule has 1 amide bonds. The van der Waals surface area contributed by atoms with Crippen LogP contribution in [0.2, 0.25) is 0 Å². The number of anilines is 1. The summed E-state index contributed by atoms with van der Waals surface area (Å²) in [5, 5.41) is 2.71. The van der Waals surface area contributed by atoms with E-state index < -0.39 is 23.2 Å². The van der Waals surface area contributed by atoms with Gasteiger partial charge in [0.1, 0.15) is 17.2 Å². The SMILES string of the molecule is Nc1c(C(=O)N[C@H]2CCCc3ccc(F)cc32)[nH]c(=O)[nH]c1=O. The third-order valence-corrected chi connectivity index (χ3v) is 3.93. The van der Waals surface area contributed by atoms with Crippen LogP contribution in [0.1, 0.15) is 40.5 Å².